The zero-order chi connectivity index (χ0) is 29.1. The van der Waals surface area contributed by atoms with Crippen LogP contribution in [0.3, 0.4) is 0 Å². The molecule has 1 fully saturated rings. The molecule has 1 aliphatic rings. The Bertz CT molecular complexity index is 1540. The highest BCUT2D eigenvalue weighted by Crippen LogP contribution is 2.30. The number of nitrogens with zero attached hydrogens (tertiary/aromatic N) is 4. The van der Waals surface area contributed by atoms with Crippen LogP contribution in [0.15, 0.2) is 94.5 Å². The Morgan fingerprint density at radius 2 is 1.31 bits per heavy atom. The molecular weight excluding hydrogens is 524 g/mol. The summed E-state index contributed by atoms with van der Waals surface area (Å²) < 4.78 is 9.81. The molecule has 7 heteroatoms. The average molecular weight is 565 g/mol. The monoisotopic (exact) mass is 564 g/mol. The van der Waals surface area contributed by atoms with Crippen LogP contribution in [0.4, 0.5) is 0 Å². The SMILES string of the molecule is N#CCCCCn1c(=O)c2ccccc2n(CCCCN2CCC(OC(c3ccccc3)c3ccccc3)CC2)c1=O. The Kier molecular flexibility index (Phi) is 10.4. The van der Waals surface area contributed by atoms with E-state index in [0.29, 0.717) is 43.3 Å². The summed E-state index contributed by atoms with van der Waals surface area (Å²) in [6.45, 7) is 3.90. The summed E-state index contributed by atoms with van der Waals surface area (Å²) in [5.41, 5.74) is 2.57. The van der Waals surface area contributed by atoms with Crippen molar-refractivity contribution in [2.45, 2.75) is 70.2 Å². The lowest BCUT2D eigenvalue weighted by Crippen LogP contribution is -2.40. The molecule has 0 atom stereocenters. The second-order valence-corrected chi connectivity index (χ2v) is 11.1. The van der Waals surface area contributed by atoms with Crippen LogP contribution in [0.2, 0.25) is 0 Å². The fourth-order valence-electron chi connectivity index (χ4n) is 5.93. The van der Waals surface area contributed by atoms with Crippen LogP contribution in [-0.2, 0) is 17.8 Å². The zero-order valence-electron chi connectivity index (χ0n) is 24.2. The number of likely N-dealkylation sites (tertiary alicyclic amines) is 1. The van der Waals surface area contributed by atoms with Gasteiger partial charge in [0.2, 0.25) is 0 Å². The number of piperidine rings is 1. The molecule has 7 nitrogen and oxygen atoms in total. The predicted molar refractivity (Wildman–Crippen MR) is 166 cm³/mol. The number of hydrogen-bond acceptors (Lipinski definition) is 5. The number of para-hydroxylation sites is 1. The highest BCUT2D eigenvalue weighted by atomic mass is 16.5. The summed E-state index contributed by atoms with van der Waals surface area (Å²) in [7, 11) is 0. The van der Waals surface area contributed by atoms with Crippen LogP contribution in [0, 0.1) is 11.3 Å². The molecule has 1 aliphatic heterocycles. The van der Waals surface area contributed by atoms with Crippen LogP contribution in [0.5, 0.6) is 0 Å². The molecule has 218 valence electrons. The maximum atomic E-state index is 13.3. The first-order valence-corrected chi connectivity index (χ1v) is 15.2. The van der Waals surface area contributed by atoms with Crippen LogP contribution in [-0.4, -0.2) is 39.8 Å². The summed E-state index contributed by atoms with van der Waals surface area (Å²) in [4.78, 5) is 28.9. The Balaban J connectivity index is 1.15. The topological polar surface area (TPSA) is 80.3 Å². The molecule has 0 bridgehead atoms. The minimum atomic E-state index is -0.250. The maximum absolute atomic E-state index is 13.3. The number of nitriles is 1. The van der Waals surface area contributed by atoms with E-state index in [-0.39, 0.29) is 23.5 Å². The molecule has 0 N–H and O–H groups in total. The standard InChI is InChI=1S/C35H40N4O3/c36-22-10-3-11-25-39-34(40)31-18-8-9-19-32(31)38(35(39)41)24-13-12-23-37-26-20-30(21-27-37)42-33(28-14-4-1-5-15-28)29-16-6-2-7-17-29/h1-2,4-9,14-19,30,33H,3,10-13,20-21,23-27H2. The van der Waals surface area contributed by atoms with Crippen molar-refractivity contribution in [2.75, 3.05) is 19.6 Å². The second-order valence-electron chi connectivity index (χ2n) is 11.1. The molecule has 0 saturated carbocycles. The summed E-state index contributed by atoms with van der Waals surface area (Å²) >= 11 is 0. The summed E-state index contributed by atoms with van der Waals surface area (Å²) in [6.07, 6.45) is 5.72. The van der Waals surface area contributed by atoms with E-state index in [1.807, 2.05) is 30.3 Å². The second kappa shape index (κ2) is 14.8. The van der Waals surface area contributed by atoms with E-state index in [1.54, 1.807) is 10.6 Å². The van der Waals surface area contributed by atoms with Gasteiger partial charge in [-0.2, -0.15) is 5.26 Å². The fraction of sp³-hybridized carbons (Fsp3) is 0.400. The predicted octanol–water partition coefficient (Wildman–Crippen LogP) is 5.91. The molecule has 0 radical (unpaired) electrons. The lowest BCUT2D eigenvalue weighted by Gasteiger charge is -2.34. The quantitative estimate of drug-likeness (QED) is 0.189. The summed E-state index contributed by atoms with van der Waals surface area (Å²) in [5, 5.41) is 9.39. The smallest absolute Gasteiger partial charge is 0.331 e. The molecule has 42 heavy (non-hydrogen) atoms. The molecule has 2 heterocycles. The van der Waals surface area contributed by atoms with E-state index in [1.165, 1.54) is 15.7 Å². The van der Waals surface area contributed by atoms with Gasteiger partial charge in [0, 0.05) is 32.6 Å². The first-order chi connectivity index (χ1) is 20.7. The summed E-state index contributed by atoms with van der Waals surface area (Å²) in [6, 6.07) is 30.4. The van der Waals surface area contributed by atoms with Crippen molar-refractivity contribution >= 4 is 10.9 Å². The summed E-state index contributed by atoms with van der Waals surface area (Å²) in [5.74, 6) is 0. The lowest BCUT2D eigenvalue weighted by molar-refractivity contribution is -0.0271. The number of aryl methyl sites for hydroxylation is 1. The first-order valence-electron chi connectivity index (χ1n) is 15.2. The molecule has 0 unspecified atom stereocenters. The number of fused-ring (bicyclic) bond motifs is 1. The van der Waals surface area contributed by atoms with Crippen molar-refractivity contribution in [3.63, 3.8) is 0 Å². The molecule has 0 amide bonds. The van der Waals surface area contributed by atoms with Crippen molar-refractivity contribution in [2.24, 2.45) is 0 Å². The van der Waals surface area contributed by atoms with E-state index in [2.05, 4.69) is 59.5 Å². The fourth-order valence-corrected chi connectivity index (χ4v) is 5.93. The average Bonchev–Trinajstić information content (AvgIpc) is 3.04. The number of rotatable bonds is 13. The number of aromatic nitrogens is 2. The third kappa shape index (κ3) is 7.25. The van der Waals surface area contributed by atoms with Gasteiger partial charge in [0.15, 0.2) is 0 Å². The molecular formula is C35H40N4O3. The van der Waals surface area contributed by atoms with Crippen molar-refractivity contribution in [1.82, 2.24) is 14.0 Å². The van der Waals surface area contributed by atoms with Gasteiger partial charge in [-0.15, -0.1) is 0 Å². The largest absolute Gasteiger partial charge is 0.365 e. The third-order valence-corrected chi connectivity index (χ3v) is 8.23. The van der Waals surface area contributed by atoms with Gasteiger partial charge in [0.25, 0.3) is 5.56 Å². The minimum Gasteiger partial charge on any atom is -0.365 e. The van der Waals surface area contributed by atoms with Crippen LogP contribution >= 0.6 is 0 Å². The van der Waals surface area contributed by atoms with E-state index in [0.717, 1.165) is 45.3 Å². The van der Waals surface area contributed by atoms with Gasteiger partial charge < -0.3 is 9.64 Å². The first kappa shape index (κ1) is 29.5. The Morgan fingerprint density at radius 1 is 0.738 bits per heavy atom. The van der Waals surface area contributed by atoms with Crippen molar-refractivity contribution in [3.05, 3.63) is 117 Å². The molecule has 0 aliphatic carbocycles. The zero-order valence-corrected chi connectivity index (χ0v) is 24.2. The Morgan fingerprint density at radius 3 is 1.98 bits per heavy atom. The molecule has 1 saturated heterocycles. The van der Waals surface area contributed by atoms with Gasteiger partial charge in [0.05, 0.1) is 23.1 Å². The number of unbranched alkanes of at least 4 members (excludes halogenated alkanes) is 3. The molecule has 3 aromatic carbocycles. The van der Waals surface area contributed by atoms with Gasteiger partial charge in [-0.25, -0.2) is 4.79 Å². The van der Waals surface area contributed by atoms with Crippen molar-refractivity contribution < 1.29 is 4.74 Å². The van der Waals surface area contributed by atoms with Gasteiger partial charge >= 0.3 is 5.69 Å². The third-order valence-electron chi connectivity index (χ3n) is 8.23. The van der Waals surface area contributed by atoms with Crippen LogP contribution in [0.25, 0.3) is 10.9 Å². The van der Waals surface area contributed by atoms with Gasteiger partial charge in [0.1, 0.15) is 6.10 Å². The highest BCUT2D eigenvalue weighted by Gasteiger charge is 2.24. The number of hydrogen-bond donors (Lipinski definition) is 0. The van der Waals surface area contributed by atoms with Crippen LogP contribution in [0.1, 0.15) is 62.2 Å². The van der Waals surface area contributed by atoms with E-state index >= 15 is 0 Å². The van der Waals surface area contributed by atoms with E-state index in [4.69, 9.17) is 10.00 Å². The Hall–Kier alpha value is -3.99. The minimum absolute atomic E-state index is 0.0632. The van der Waals surface area contributed by atoms with Gasteiger partial charge in [-0.05, 0) is 68.3 Å². The molecule has 1 aromatic heterocycles. The molecule has 5 rings (SSSR count). The van der Waals surface area contributed by atoms with Gasteiger partial charge in [-0.3, -0.25) is 13.9 Å². The van der Waals surface area contributed by atoms with Crippen molar-refractivity contribution in [1.29, 1.82) is 5.26 Å². The Labute approximate surface area is 247 Å². The van der Waals surface area contributed by atoms with Crippen molar-refractivity contribution in [3.8, 4) is 6.07 Å². The highest BCUT2D eigenvalue weighted by molar-refractivity contribution is 5.77. The number of ether oxygens (including phenoxy) is 1. The maximum Gasteiger partial charge on any atom is 0.331 e. The molecule has 4 aromatic rings. The molecule has 0 spiro atoms. The normalized spacial score (nSPS) is 14.4. The number of benzene rings is 3. The van der Waals surface area contributed by atoms with Crippen LogP contribution < -0.4 is 11.2 Å². The van der Waals surface area contributed by atoms with E-state index in [9.17, 15) is 9.59 Å². The van der Waals surface area contributed by atoms with Gasteiger partial charge in [-0.1, -0.05) is 72.8 Å². The lowest BCUT2D eigenvalue weighted by atomic mass is 10.00. The van der Waals surface area contributed by atoms with E-state index < -0.39 is 0 Å².